The quantitative estimate of drug-likeness (QED) is 0.260. The van der Waals surface area contributed by atoms with E-state index in [0.29, 0.717) is 39.5 Å². The fourth-order valence-electron chi connectivity index (χ4n) is 3.52. The van der Waals surface area contributed by atoms with E-state index >= 15 is 0 Å². The maximum atomic E-state index is 12.5. The Bertz CT molecular complexity index is 630. The van der Waals surface area contributed by atoms with Crippen LogP contribution < -0.4 is 5.32 Å². The van der Waals surface area contributed by atoms with Gasteiger partial charge in [-0.05, 0) is 25.3 Å². The molecule has 8 heteroatoms. The molecule has 1 aromatic carbocycles. The summed E-state index contributed by atoms with van der Waals surface area (Å²) in [5.41, 5.74) is 1.17. The largest absolute Gasteiger partial charge is 0.375 e. The van der Waals surface area contributed by atoms with Crippen molar-refractivity contribution in [1.82, 2.24) is 15.1 Å². The minimum Gasteiger partial charge on any atom is -0.375 e. The number of carbonyl (C=O) groups excluding carboxylic acids is 1. The first-order valence-electron chi connectivity index (χ1n) is 10.3. The Morgan fingerprint density at radius 2 is 1.93 bits per heavy atom. The molecule has 2 saturated heterocycles. The van der Waals surface area contributed by atoms with Gasteiger partial charge in [-0.3, -0.25) is 9.79 Å². The summed E-state index contributed by atoms with van der Waals surface area (Å²) in [6.07, 6.45) is 1.61. The zero-order valence-electron chi connectivity index (χ0n) is 17.2. The second kappa shape index (κ2) is 13.0. The number of benzene rings is 1. The number of nitrogens with zero attached hydrogens (tertiary/aromatic N) is 3. The molecule has 1 atom stereocenters. The van der Waals surface area contributed by atoms with Crippen LogP contribution in [0, 0.1) is 0 Å². The number of aliphatic imine (C=N–C) groups is 1. The Hall–Kier alpha value is -1.39. The van der Waals surface area contributed by atoms with E-state index in [4.69, 9.17) is 14.5 Å². The normalized spacial score (nSPS) is 19.8. The Morgan fingerprint density at radius 1 is 1.21 bits per heavy atom. The van der Waals surface area contributed by atoms with Crippen LogP contribution in [0.5, 0.6) is 0 Å². The number of hydrogen-bond acceptors (Lipinski definition) is 4. The smallest absolute Gasteiger partial charge is 0.251 e. The molecule has 0 spiro atoms. The van der Waals surface area contributed by atoms with Crippen molar-refractivity contribution < 1.29 is 14.3 Å². The van der Waals surface area contributed by atoms with Crippen LogP contribution in [0.3, 0.4) is 0 Å². The highest BCUT2D eigenvalue weighted by molar-refractivity contribution is 14.0. The molecule has 3 rings (SSSR count). The molecule has 2 fully saturated rings. The molecule has 1 amide bonds. The molecule has 0 radical (unpaired) electrons. The maximum absolute atomic E-state index is 12.5. The Kier molecular flexibility index (Phi) is 10.7. The second-order valence-corrected chi connectivity index (χ2v) is 7.09. The summed E-state index contributed by atoms with van der Waals surface area (Å²) in [4.78, 5) is 21.3. The van der Waals surface area contributed by atoms with Crippen molar-refractivity contribution >= 4 is 35.8 Å². The van der Waals surface area contributed by atoms with Crippen molar-refractivity contribution in [2.45, 2.75) is 32.5 Å². The fourth-order valence-corrected chi connectivity index (χ4v) is 3.52. The molecule has 7 nitrogen and oxygen atoms in total. The highest BCUT2D eigenvalue weighted by Gasteiger charge is 2.30. The van der Waals surface area contributed by atoms with Gasteiger partial charge in [0.25, 0.3) is 5.91 Å². The molecule has 2 heterocycles. The third-order valence-electron chi connectivity index (χ3n) is 5.04. The van der Waals surface area contributed by atoms with Crippen molar-refractivity contribution in [2.75, 3.05) is 52.5 Å². The van der Waals surface area contributed by atoms with Gasteiger partial charge in [0.1, 0.15) is 6.10 Å². The van der Waals surface area contributed by atoms with E-state index in [2.05, 4.69) is 29.3 Å². The molecular weight excluding hydrogens is 483 g/mol. The minimum absolute atomic E-state index is 0. The van der Waals surface area contributed by atoms with Crippen molar-refractivity contribution in [3.05, 3.63) is 35.9 Å². The number of halogens is 1. The molecular formula is C21H33IN4O3. The molecule has 1 aromatic rings. The first-order valence-corrected chi connectivity index (χ1v) is 10.3. The lowest BCUT2D eigenvalue weighted by Crippen LogP contribution is -2.55. The van der Waals surface area contributed by atoms with E-state index in [-0.39, 0.29) is 36.0 Å². The zero-order valence-corrected chi connectivity index (χ0v) is 19.5. The third-order valence-corrected chi connectivity index (χ3v) is 5.04. The van der Waals surface area contributed by atoms with E-state index in [9.17, 15) is 4.79 Å². The monoisotopic (exact) mass is 516 g/mol. The summed E-state index contributed by atoms with van der Waals surface area (Å²) < 4.78 is 11.3. The van der Waals surface area contributed by atoms with E-state index in [0.717, 1.165) is 38.4 Å². The topological polar surface area (TPSA) is 66.4 Å². The van der Waals surface area contributed by atoms with Gasteiger partial charge in [0.2, 0.25) is 0 Å². The van der Waals surface area contributed by atoms with Crippen LogP contribution in [-0.2, 0) is 20.9 Å². The van der Waals surface area contributed by atoms with Crippen molar-refractivity contribution in [3.63, 3.8) is 0 Å². The van der Waals surface area contributed by atoms with Crippen molar-refractivity contribution in [3.8, 4) is 0 Å². The molecule has 162 valence electrons. The molecule has 0 bridgehead atoms. The predicted octanol–water partition coefficient (Wildman–Crippen LogP) is 2.11. The number of carbonyl (C=O) groups is 1. The number of hydrogen-bond donors (Lipinski definition) is 1. The van der Waals surface area contributed by atoms with Crippen LogP contribution in [0.15, 0.2) is 35.3 Å². The van der Waals surface area contributed by atoms with E-state index in [1.807, 2.05) is 23.1 Å². The average molecular weight is 516 g/mol. The van der Waals surface area contributed by atoms with Crippen LogP contribution in [0.25, 0.3) is 0 Å². The molecule has 29 heavy (non-hydrogen) atoms. The minimum atomic E-state index is -0.227. The first kappa shape index (κ1) is 23.9. The molecule has 2 aliphatic heterocycles. The molecule has 0 aliphatic carbocycles. The van der Waals surface area contributed by atoms with Gasteiger partial charge in [0.15, 0.2) is 5.96 Å². The summed E-state index contributed by atoms with van der Waals surface area (Å²) in [5.74, 6) is 1.04. The van der Waals surface area contributed by atoms with Gasteiger partial charge < -0.3 is 24.6 Å². The summed E-state index contributed by atoms with van der Waals surface area (Å²) in [5, 5.41) is 3.35. The van der Waals surface area contributed by atoms with Gasteiger partial charge in [-0.15, -0.1) is 24.0 Å². The fraction of sp³-hybridized carbons (Fsp3) is 0.619. The Labute approximate surface area is 190 Å². The maximum Gasteiger partial charge on any atom is 0.251 e. The van der Waals surface area contributed by atoms with Gasteiger partial charge in [-0.25, -0.2) is 0 Å². The predicted molar refractivity (Wildman–Crippen MR) is 125 cm³/mol. The lowest BCUT2D eigenvalue weighted by Gasteiger charge is -2.37. The number of nitrogens with one attached hydrogen (secondary N) is 1. The lowest BCUT2D eigenvalue weighted by molar-refractivity contribution is -0.142. The second-order valence-electron chi connectivity index (χ2n) is 7.09. The molecule has 1 unspecified atom stereocenters. The van der Waals surface area contributed by atoms with E-state index in [1.165, 1.54) is 5.56 Å². The summed E-state index contributed by atoms with van der Waals surface area (Å²) in [6.45, 7) is 8.41. The van der Waals surface area contributed by atoms with Crippen LogP contribution in [0.2, 0.25) is 0 Å². The number of ether oxygens (including phenoxy) is 2. The third kappa shape index (κ3) is 7.42. The first-order chi connectivity index (χ1) is 13.8. The van der Waals surface area contributed by atoms with Crippen molar-refractivity contribution in [2.24, 2.45) is 4.99 Å². The van der Waals surface area contributed by atoms with Crippen molar-refractivity contribution in [1.29, 1.82) is 0 Å². The molecule has 1 N–H and O–H groups in total. The number of rotatable bonds is 7. The van der Waals surface area contributed by atoms with E-state index in [1.54, 1.807) is 0 Å². The van der Waals surface area contributed by atoms with Gasteiger partial charge in [-0.2, -0.15) is 0 Å². The summed E-state index contributed by atoms with van der Waals surface area (Å²) in [6, 6.07) is 10.2. The number of piperazine rings is 1. The highest BCUT2D eigenvalue weighted by Crippen LogP contribution is 2.16. The SMILES string of the molecule is CCNC(=NCCOCc1ccccc1)N1CCN(C(=O)C2CCCO2)CC1.I. The molecule has 0 saturated carbocycles. The lowest BCUT2D eigenvalue weighted by atomic mass is 10.2. The zero-order chi connectivity index (χ0) is 19.6. The highest BCUT2D eigenvalue weighted by atomic mass is 127. The van der Waals surface area contributed by atoms with Crippen LogP contribution in [0.1, 0.15) is 25.3 Å². The average Bonchev–Trinajstić information content (AvgIpc) is 3.28. The summed E-state index contributed by atoms with van der Waals surface area (Å²) in [7, 11) is 0. The van der Waals surface area contributed by atoms with Crippen LogP contribution in [-0.4, -0.2) is 80.3 Å². The number of guanidine groups is 1. The molecule has 2 aliphatic rings. The standard InChI is InChI=1S/C21H32N4O3.HI/c1-2-22-21(23-10-16-27-17-18-7-4-3-5-8-18)25-13-11-24(12-14-25)20(26)19-9-6-15-28-19;/h3-5,7-8,19H,2,6,9-17H2,1H3,(H,22,23);1H. The van der Waals surface area contributed by atoms with Crippen LogP contribution >= 0.6 is 24.0 Å². The summed E-state index contributed by atoms with van der Waals surface area (Å²) >= 11 is 0. The molecule has 0 aromatic heterocycles. The van der Waals surface area contributed by atoms with Gasteiger partial charge in [-0.1, -0.05) is 30.3 Å². The Balaban J connectivity index is 0.00000300. The van der Waals surface area contributed by atoms with Gasteiger partial charge in [0.05, 0.1) is 19.8 Å². The Morgan fingerprint density at radius 3 is 2.59 bits per heavy atom. The van der Waals surface area contributed by atoms with Gasteiger partial charge in [0, 0.05) is 39.3 Å². The van der Waals surface area contributed by atoms with Gasteiger partial charge >= 0.3 is 0 Å². The number of amides is 1. The van der Waals surface area contributed by atoms with E-state index < -0.39 is 0 Å². The van der Waals surface area contributed by atoms with Crippen LogP contribution in [0.4, 0.5) is 0 Å².